The fraction of sp³-hybridized carbons (Fsp3) is 0.430. The lowest BCUT2D eigenvalue weighted by Gasteiger charge is -2.35. The summed E-state index contributed by atoms with van der Waals surface area (Å²) in [7, 11) is 2.86. The minimum Gasteiger partial charge on any atom is -0.508 e. The predicted molar refractivity (Wildman–Crippen MR) is 568 cm³/mol. The number of rotatable bonds is 51. The fourth-order valence-electron chi connectivity index (χ4n) is 19.8. The van der Waals surface area contributed by atoms with Crippen molar-refractivity contribution in [3.63, 3.8) is 0 Å². The molecular weight excluding hydrogens is 1920 g/mol. The van der Waals surface area contributed by atoms with Gasteiger partial charge in [0.2, 0.25) is 47.3 Å². The number of benzene rings is 7. The van der Waals surface area contributed by atoms with Crippen LogP contribution in [0.2, 0.25) is 0 Å². The Bertz CT molecular complexity index is 6920. The average molecular weight is 2060 g/mol. The highest BCUT2D eigenvalue weighted by molar-refractivity contribution is 8.76. The van der Waals surface area contributed by atoms with Crippen molar-refractivity contribution in [3.8, 4) is 33.9 Å². The van der Waals surface area contributed by atoms with Crippen LogP contribution in [0.4, 0.5) is 0 Å². The quantitative estimate of drug-likeness (QED) is 0.00729. The molecule has 0 saturated carbocycles. The van der Waals surface area contributed by atoms with Gasteiger partial charge in [-0.25, -0.2) is 4.79 Å². The zero-order chi connectivity index (χ0) is 107. The Balaban J connectivity index is 0.642. The molecule has 34 heteroatoms. The van der Waals surface area contributed by atoms with Gasteiger partial charge in [0, 0.05) is 192 Å². The Morgan fingerprint density at radius 2 is 1.04 bits per heavy atom. The van der Waals surface area contributed by atoms with Crippen molar-refractivity contribution in [2.24, 2.45) is 52.1 Å². The molecule has 0 spiro atoms. The third-order valence-corrected chi connectivity index (χ3v) is 31.2. The van der Waals surface area contributed by atoms with Crippen LogP contribution in [0.25, 0.3) is 66.1 Å². The number of phenolic OH excluding ortho intramolecular Hbond substituents is 2. The highest BCUT2D eigenvalue weighted by Gasteiger charge is 2.48. The van der Waals surface area contributed by atoms with Crippen LogP contribution in [0.15, 0.2) is 179 Å². The van der Waals surface area contributed by atoms with Gasteiger partial charge in [-0.3, -0.25) is 76.7 Å². The van der Waals surface area contributed by atoms with Crippen LogP contribution in [-0.4, -0.2) is 200 Å². The van der Waals surface area contributed by atoms with Gasteiger partial charge in [0.1, 0.15) is 40.7 Å². The maximum absolute atomic E-state index is 15.7. The Labute approximate surface area is 866 Å². The van der Waals surface area contributed by atoms with Crippen LogP contribution in [-0.2, 0) is 92.8 Å². The van der Waals surface area contributed by atoms with Gasteiger partial charge >= 0.3 is 5.97 Å². The summed E-state index contributed by atoms with van der Waals surface area (Å²) in [6.07, 6.45) is 4.66. The third kappa shape index (κ3) is 27.1. The number of carbonyl (C=O) groups excluding carboxylic acids is 15. The molecule has 4 aliphatic rings. The van der Waals surface area contributed by atoms with Gasteiger partial charge in [0.15, 0.2) is 40.1 Å². The smallest absolute Gasteiger partial charge is 0.336 e. The van der Waals surface area contributed by atoms with Crippen LogP contribution in [0.3, 0.4) is 0 Å². The molecule has 0 bridgehead atoms. The number of carbonyl (C=O) groups is 16. The van der Waals surface area contributed by atoms with Gasteiger partial charge in [0.05, 0.1) is 45.6 Å². The lowest BCUT2D eigenvalue weighted by Crippen LogP contribution is -2.57. The molecule has 3 aliphatic heterocycles. The zero-order valence-electron chi connectivity index (χ0n) is 85.8. The number of H-pyrrole nitrogens is 3. The number of nitrogens with zero attached hydrogens (tertiary/aromatic N) is 2. The van der Waals surface area contributed by atoms with Crippen LogP contribution >= 0.6 is 21.6 Å². The summed E-state index contributed by atoms with van der Waals surface area (Å²) in [6, 6.07) is 35.4. The molecule has 8 amide bonds. The molecule has 1 aliphatic carbocycles. The van der Waals surface area contributed by atoms with Gasteiger partial charge in [-0.1, -0.05) is 163 Å². The van der Waals surface area contributed by atoms with E-state index >= 15 is 33.6 Å². The van der Waals surface area contributed by atoms with E-state index < -0.39 is 178 Å². The zero-order valence-corrected chi connectivity index (χ0v) is 87.5. The first kappa shape index (κ1) is 111. The lowest BCUT2D eigenvalue weighted by atomic mass is 9.79. The first-order valence-electron chi connectivity index (χ1n) is 50.5. The first-order chi connectivity index (χ1) is 70.1. The van der Waals surface area contributed by atoms with E-state index in [0.29, 0.717) is 69.5 Å². The number of carboxylic acid groups (broad SMARTS) is 1. The normalized spacial score (nSPS) is 15.6. The molecule has 13 N–H and O–H groups in total. The minimum atomic E-state index is -1.72. The van der Waals surface area contributed by atoms with Crippen molar-refractivity contribution in [1.82, 2.24) is 51.3 Å². The SMILES string of the molecule is CC(C)[C@H](CC(=O)[C@@H](NC(=O)[C@@H]1CCCN1C(=O)[C@@H]1CCCN1C(=O)[C@@H](CC(=O)[C@H](Cc1ccc(O)cc1)NC(=O)[C@H](C)CC(=O)[C@H](Cc1c[nH]c2ccccc12)NC(=O)[C@@H](CC(=O)C(C)(C)NC(=O)C(C)(C)CC(=O)C(C)(C)NC(=O)C(C)(C)CC(=O)CCSSCCCC(=O)c1ccc(-c2c3ccc(=O)cc-3oc3cc(O)ccc23)c(C(=O)O)c1)Cc1c[nH]c2ccccc12)Cc1c[nH]c2ccccc12)C(C)C)C(N)=O. The Morgan fingerprint density at radius 3 is 1.64 bits per heavy atom. The highest BCUT2D eigenvalue weighted by atomic mass is 33.1. The molecule has 9 atom stereocenters. The second-order valence-electron chi connectivity index (χ2n) is 42.5. The Hall–Kier alpha value is -14.2. The molecule has 32 nitrogen and oxygen atoms in total. The number of Topliss-reactive ketones (excluding diaryl/α,β-unsaturated/α-hetero) is 7. The number of hydrogen-bond acceptors (Lipinski definition) is 22. The highest BCUT2D eigenvalue weighted by Crippen LogP contribution is 2.44. The standard InChI is InChI=1S/C114H133N11O21S2/c1-63(2)83(102(115)136)57-95(133)101(64(3)4)121-105(139)90-29-20-43-124(90)107(141)91-30-21-44-125(91)106(140)69(50-71-61-117-86-27-18-15-24-78(71)86)53-94(132)88(48-66-32-35-73(126)36-33-66)119-103(137)65(5)47-93(131)89(52-72-62-118-87-28-19-16-25-79(72)87)120-104(138)68(49-70-60-116-85-26-17-14-23-77(70)85)54-98(134)113(10,11)122-110(145)112(8,9)59-99(135)114(12,13)123-109(144)111(6,7)58-76(129)42-46-148-147-45-22-31-92(130)67-34-39-80(84(51-67)108(142)143)100-81-40-37-74(127)55-96(81)146-97-56-75(128)38-41-82(97)100/h14-19,23-28,32-41,51,55-56,60-65,68-69,83,88-91,101,116-118,126-127H,20-22,29-31,42-50,52-54,57-59H2,1-13H3,(H2,115,136)(H,119,137)(H,120,138)(H,121,139)(H,122,145)(H,123,144)(H,142,143)/t65-,68-,69-,83+,88+,89+,90+,91+,101+/m1/s1. The molecule has 6 heterocycles. The number of aromatic carboxylic acids is 1. The number of hydrogen-bond donors (Lipinski definition) is 12. The molecule has 782 valence electrons. The molecular formula is C114H133N11O21S2. The topological polar surface area (TPSA) is 504 Å². The summed E-state index contributed by atoms with van der Waals surface area (Å²) in [6.45, 7) is 21.1. The van der Waals surface area contributed by atoms with E-state index in [1.165, 1.54) is 128 Å². The van der Waals surface area contributed by atoms with Gasteiger partial charge in [0.25, 0.3) is 0 Å². The molecule has 0 radical (unpaired) electrons. The summed E-state index contributed by atoms with van der Waals surface area (Å²) >= 11 is 0. The van der Waals surface area contributed by atoms with Crippen molar-refractivity contribution in [2.45, 2.75) is 240 Å². The van der Waals surface area contributed by atoms with E-state index in [1.54, 1.807) is 90.5 Å². The van der Waals surface area contributed by atoms with Gasteiger partial charge in [-0.2, -0.15) is 0 Å². The molecule has 2 saturated heterocycles. The number of likely N-dealkylation sites (tertiary alicyclic amines) is 2. The number of nitrogens with two attached hydrogens (primary N) is 1. The molecule has 148 heavy (non-hydrogen) atoms. The molecule has 3 aromatic heterocycles. The largest absolute Gasteiger partial charge is 0.508 e. The average Bonchev–Trinajstić information content (AvgIpc) is 1.07. The summed E-state index contributed by atoms with van der Waals surface area (Å²) in [5, 5.41) is 48.4. The molecule has 2 fully saturated rings. The van der Waals surface area contributed by atoms with Crippen LogP contribution < -0.4 is 37.7 Å². The maximum atomic E-state index is 15.7. The van der Waals surface area contributed by atoms with Crippen molar-refractivity contribution >= 4 is 159 Å². The lowest BCUT2D eigenvalue weighted by molar-refractivity contribution is -0.149. The number of carboxylic acids is 1. The van der Waals surface area contributed by atoms with Crippen LogP contribution in [0.1, 0.15) is 216 Å². The van der Waals surface area contributed by atoms with E-state index in [2.05, 4.69) is 41.5 Å². The molecule has 6 aromatic carbocycles. The van der Waals surface area contributed by atoms with Gasteiger partial charge in [-0.05, 0) is 179 Å². The monoisotopic (exact) mass is 2060 g/mol. The number of ketones is 7. The number of aromatic hydroxyl groups is 2. The first-order valence-corrected chi connectivity index (χ1v) is 53.0. The predicted octanol–water partition coefficient (Wildman–Crippen LogP) is 15.1. The summed E-state index contributed by atoms with van der Waals surface area (Å²) in [5.41, 5.74) is 5.38. The van der Waals surface area contributed by atoms with E-state index in [-0.39, 0.29) is 151 Å². The van der Waals surface area contributed by atoms with Crippen LogP contribution in [0, 0.1) is 46.3 Å². The van der Waals surface area contributed by atoms with E-state index in [9.17, 15) is 63.3 Å². The van der Waals surface area contributed by atoms with Crippen molar-refractivity contribution < 1.29 is 96.4 Å². The fourth-order valence-corrected chi connectivity index (χ4v) is 21.9. The number of amides is 8. The van der Waals surface area contributed by atoms with Gasteiger partial charge in [-0.15, -0.1) is 0 Å². The number of aromatic nitrogens is 3. The summed E-state index contributed by atoms with van der Waals surface area (Å²) in [5.74, 6) is -13.5. The number of phenols is 2. The van der Waals surface area contributed by atoms with E-state index in [0.717, 1.165) is 32.7 Å². The minimum absolute atomic E-state index is 0.00206. The van der Waals surface area contributed by atoms with Crippen molar-refractivity contribution in [3.05, 3.63) is 214 Å². The molecule has 0 unspecified atom stereocenters. The number of para-hydroxylation sites is 3. The molecule has 13 rings (SSSR count). The number of primary amides is 1. The summed E-state index contributed by atoms with van der Waals surface area (Å²) in [4.78, 5) is 257. The number of aromatic amines is 3. The summed E-state index contributed by atoms with van der Waals surface area (Å²) < 4.78 is 5.94. The Morgan fingerprint density at radius 1 is 0.507 bits per heavy atom. The van der Waals surface area contributed by atoms with E-state index in [4.69, 9.17) is 10.2 Å². The van der Waals surface area contributed by atoms with E-state index in [1.807, 2.05) is 72.8 Å². The maximum Gasteiger partial charge on any atom is 0.336 e. The Kier molecular flexibility index (Phi) is 35.9. The number of nitrogens with one attached hydrogen (secondary N) is 8. The number of fused-ring (bicyclic) bond motifs is 5. The second-order valence-corrected chi connectivity index (χ2v) is 45.2. The second kappa shape index (κ2) is 47.8. The van der Waals surface area contributed by atoms with Crippen molar-refractivity contribution in [2.75, 3.05) is 24.6 Å². The molecule has 9 aromatic rings. The van der Waals surface area contributed by atoms with Crippen LogP contribution in [0.5, 0.6) is 11.5 Å². The third-order valence-electron chi connectivity index (χ3n) is 28.7. The van der Waals surface area contributed by atoms with Gasteiger partial charge < -0.3 is 76.8 Å². The van der Waals surface area contributed by atoms with Crippen molar-refractivity contribution in [1.29, 1.82) is 0 Å².